The van der Waals surface area contributed by atoms with Crippen LogP contribution in [0.1, 0.15) is 12.5 Å². The number of aryl methyl sites for hydroxylation is 1. The number of anilines is 2. The summed E-state index contributed by atoms with van der Waals surface area (Å²) in [4.78, 5) is 28.1. The van der Waals surface area contributed by atoms with Gasteiger partial charge in [-0.2, -0.15) is 0 Å². The van der Waals surface area contributed by atoms with Crippen LogP contribution in [0.2, 0.25) is 0 Å². The molecule has 2 amide bonds. The molecule has 1 heterocycles. The Morgan fingerprint density at radius 2 is 2.00 bits per heavy atom. The number of hydrogen-bond acceptors (Lipinski definition) is 5. The average molecular weight is 410 g/mol. The van der Waals surface area contributed by atoms with Crippen LogP contribution in [-0.4, -0.2) is 34.2 Å². The lowest BCUT2D eigenvalue weighted by atomic mass is 10.2. The molecule has 0 unspecified atom stereocenters. The summed E-state index contributed by atoms with van der Waals surface area (Å²) >= 11 is 1.34. The van der Waals surface area contributed by atoms with Crippen molar-refractivity contribution in [1.29, 1.82) is 0 Å². The molecule has 0 aliphatic carbocycles. The number of aromatic nitrogens is 2. The van der Waals surface area contributed by atoms with Crippen molar-refractivity contribution in [3.8, 4) is 11.4 Å². The molecule has 1 aromatic heterocycles. The second-order valence-electron chi connectivity index (χ2n) is 6.35. The van der Waals surface area contributed by atoms with E-state index in [4.69, 9.17) is 4.74 Å². The molecule has 3 rings (SSSR count). The van der Waals surface area contributed by atoms with Crippen molar-refractivity contribution in [1.82, 2.24) is 9.55 Å². The molecule has 150 valence electrons. The highest BCUT2D eigenvalue weighted by atomic mass is 32.2. The van der Waals surface area contributed by atoms with Gasteiger partial charge in [-0.15, -0.1) is 0 Å². The zero-order valence-corrected chi connectivity index (χ0v) is 17.2. The summed E-state index contributed by atoms with van der Waals surface area (Å²) in [6, 6.07) is 13.1. The van der Waals surface area contributed by atoms with Crippen molar-refractivity contribution in [3.05, 3.63) is 60.4 Å². The van der Waals surface area contributed by atoms with Crippen LogP contribution >= 0.6 is 11.8 Å². The highest BCUT2D eigenvalue weighted by Crippen LogP contribution is 2.28. The molecule has 29 heavy (non-hydrogen) atoms. The maximum absolute atomic E-state index is 12.5. The van der Waals surface area contributed by atoms with E-state index in [2.05, 4.69) is 21.7 Å². The molecule has 0 saturated heterocycles. The molecule has 3 aromatic rings. The van der Waals surface area contributed by atoms with Crippen molar-refractivity contribution in [2.45, 2.75) is 19.0 Å². The van der Waals surface area contributed by atoms with E-state index in [-0.39, 0.29) is 17.6 Å². The zero-order chi connectivity index (χ0) is 20.8. The molecule has 0 aliphatic heterocycles. The molecule has 2 N–H and O–H groups in total. The van der Waals surface area contributed by atoms with Crippen molar-refractivity contribution in [2.75, 3.05) is 23.5 Å². The number of benzene rings is 2. The highest BCUT2D eigenvalue weighted by Gasteiger charge is 2.12. The molecule has 8 heteroatoms. The molecule has 0 bridgehead atoms. The number of imidazole rings is 1. The second-order valence-corrected chi connectivity index (χ2v) is 7.29. The van der Waals surface area contributed by atoms with E-state index >= 15 is 0 Å². The van der Waals surface area contributed by atoms with Gasteiger partial charge in [-0.05, 0) is 42.8 Å². The SMILES string of the molecule is COc1ccc(NC(C)=O)cc1NC(=O)CSc1nccn1-c1cccc(C)c1. The maximum atomic E-state index is 12.5. The molecule has 7 nitrogen and oxygen atoms in total. The van der Waals surface area contributed by atoms with E-state index in [0.717, 1.165) is 16.4 Å². The van der Waals surface area contributed by atoms with Crippen LogP contribution in [0.25, 0.3) is 5.69 Å². The monoisotopic (exact) mass is 410 g/mol. The predicted octanol–water partition coefficient (Wildman–Crippen LogP) is 3.88. The summed E-state index contributed by atoms with van der Waals surface area (Å²) < 4.78 is 7.24. The Bertz CT molecular complexity index is 1030. The van der Waals surface area contributed by atoms with E-state index in [0.29, 0.717) is 17.1 Å². The van der Waals surface area contributed by atoms with Crippen LogP contribution < -0.4 is 15.4 Å². The third-order valence-corrected chi connectivity index (χ3v) is 4.98. The predicted molar refractivity (Wildman–Crippen MR) is 115 cm³/mol. The largest absolute Gasteiger partial charge is 0.495 e. The number of nitrogens with one attached hydrogen (secondary N) is 2. The van der Waals surface area contributed by atoms with Crippen LogP contribution in [0.15, 0.2) is 60.0 Å². The van der Waals surface area contributed by atoms with Gasteiger partial charge in [-0.3, -0.25) is 14.2 Å². The minimum absolute atomic E-state index is 0.177. The van der Waals surface area contributed by atoms with Crippen LogP contribution in [0.3, 0.4) is 0 Å². The molecule has 0 fully saturated rings. The van der Waals surface area contributed by atoms with Crippen molar-refractivity contribution < 1.29 is 14.3 Å². The number of rotatable bonds is 7. The van der Waals surface area contributed by atoms with E-state index in [1.54, 1.807) is 24.4 Å². The Kier molecular flexibility index (Phi) is 6.56. The Balaban J connectivity index is 1.68. The molecule has 0 radical (unpaired) electrons. The van der Waals surface area contributed by atoms with E-state index in [1.165, 1.54) is 25.8 Å². The summed E-state index contributed by atoms with van der Waals surface area (Å²) in [6.45, 7) is 3.46. The van der Waals surface area contributed by atoms with Crippen molar-refractivity contribution >= 4 is 35.0 Å². The number of hydrogen-bond donors (Lipinski definition) is 2. The summed E-state index contributed by atoms with van der Waals surface area (Å²) in [5.74, 6) is 0.299. The van der Waals surface area contributed by atoms with Crippen LogP contribution in [0, 0.1) is 6.92 Å². The molecule has 0 spiro atoms. The highest BCUT2D eigenvalue weighted by molar-refractivity contribution is 7.99. The normalized spacial score (nSPS) is 10.4. The van der Waals surface area contributed by atoms with E-state index in [1.807, 2.05) is 35.9 Å². The maximum Gasteiger partial charge on any atom is 0.234 e. The third-order valence-electron chi connectivity index (χ3n) is 4.01. The number of carbonyl (C=O) groups is 2. The molecular weight excluding hydrogens is 388 g/mol. The van der Waals surface area contributed by atoms with Gasteiger partial charge in [0.1, 0.15) is 5.75 Å². The van der Waals surface area contributed by atoms with Gasteiger partial charge in [-0.1, -0.05) is 23.9 Å². The lowest BCUT2D eigenvalue weighted by Crippen LogP contribution is -2.15. The number of ether oxygens (including phenoxy) is 1. The number of thioether (sulfide) groups is 1. The smallest absolute Gasteiger partial charge is 0.234 e. The van der Waals surface area contributed by atoms with Gasteiger partial charge in [0.2, 0.25) is 11.8 Å². The summed E-state index contributed by atoms with van der Waals surface area (Å²) in [5, 5.41) is 6.25. The van der Waals surface area contributed by atoms with Gasteiger partial charge >= 0.3 is 0 Å². The minimum atomic E-state index is -0.202. The molecular formula is C21H22N4O3S. The summed E-state index contributed by atoms with van der Waals surface area (Å²) in [5.41, 5.74) is 3.22. The van der Waals surface area contributed by atoms with E-state index < -0.39 is 0 Å². The Hall–Kier alpha value is -3.26. The minimum Gasteiger partial charge on any atom is -0.495 e. The Morgan fingerprint density at radius 1 is 1.17 bits per heavy atom. The third kappa shape index (κ3) is 5.39. The summed E-state index contributed by atoms with van der Waals surface area (Å²) in [7, 11) is 1.52. The first-order valence-electron chi connectivity index (χ1n) is 8.95. The van der Waals surface area contributed by atoms with Crippen LogP contribution in [0.5, 0.6) is 5.75 Å². The Labute approximate surface area is 173 Å². The Morgan fingerprint density at radius 3 is 2.72 bits per heavy atom. The molecule has 2 aromatic carbocycles. The fourth-order valence-electron chi connectivity index (χ4n) is 2.77. The topological polar surface area (TPSA) is 85.2 Å². The second kappa shape index (κ2) is 9.29. The lowest BCUT2D eigenvalue weighted by Gasteiger charge is -2.12. The van der Waals surface area contributed by atoms with Gasteiger partial charge in [0, 0.05) is 30.7 Å². The quantitative estimate of drug-likeness (QED) is 0.578. The number of carbonyl (C=O) groups excluding carboxylic acids is 2. The number of nitrogens with zero attached hydrogens (tertiary/aromatic N) is 2. The van der Waals surface area contributed by atoms with Gasteiger partial charge in [0.25, 0.3) is 0 Å². The lowest BCUT2D eigenvalue weighted by molar-refractivity contribution is -0.114. The first-order valence-corrected chi connectivity index (χ1v) is 9.93. The number of amides is 2. The van der Waals surface area contributed by atoms with Gasteiger partial charge in [0.15, 0.2) is 5.16 Å². The first-order chi connectivity index (χ1) is 14.0. The molecule has 0 saturated carbocycles. The average Bonchev–Trinajstić information content (AvgIpc) is 3.15. The standard InChI is InChI=1S/C21H22N4O3S/c1-14-5-4-6-17(11-14)25-10-9-22-21(25)29-13-20(27)24-18-12-16(23-15(2)26)7-8-19(18)28-3/h4-12H,13H2,1-3H3,(H,23,26)(H,24,27). The first kappa shape index (κ1) is 20.5. The fourth-order valence-corrected chi connectivity index (χ4v) is 3.55. The molecule has 0 atom stereocenters. The zero-order valence-electron chi connectivity index (χ0n) is 16.4. The van der Waals surface area contributed by atoms with Gasteiger partial charge in [0.05, 0.1) is 18.6 Å². The molecule has 0 aliphatic rings. The van der Waals surface area contributed by atoms with Crippen molar-refractivity contribution in [2.24, 2.45) is 0 Å². The number of methoxy groups -OCH3 is 1. The van der Waals surface area contributed by atoms with Gasteiger partial charge in [-0.25, -0.2) is 4.98 Å². The van der Waals surface area contributed by atoms with Crippen LogP contribution in [0.4, 0.5) is 11.4 Å². The van der Waals surface area contributed by atoms with Gasteiger partial charge < -0.3 is 15.4 Å². The van der Waals surface area contributed by atoms with Crippen LogP contribution in [-0.2, 0) is 9.59 Å². The van der Waals surface area contributed by atoms with E-state index in [9.17, 15) is 9.59 Å². The van der Waals surface area contributed by atoms with Crippen molar-refractivity contribution in [3.63, 3.8) is 0 Å². The fraction of sp³-hybridized carbons (Fsp3) is 0.190. The summed E-state index contributed by atoms with van der Waals surface area (Å²) in [6.07, 6.45) is 3.58.